The third-order valence-corrected chi connectivity index (χ3v) is 2.60. The highest BCUT2D eigenvalue weighted by molar-refractivity contribution is 7.10. The summed E-state index contributed by atoms with van der Waals surface area (Å²) in [5.41, 5.74) is 16.9. The zero-order valence-corrected chi connectivity index (χ0v) is 8.71. The number of aliphatic imine (C=N–C) groups is 2. The maximum atomic E-state index is 5.45. The Morgan fingerprint density at radius 1 is 1.43 bits per heavy atom. The summed E-state index contributed by atoms with van der Waals surface area (Å²) < 4.78 is 0. The first kappa shape index (κ1) is 10.5. The van der Waals surface area contributed by atoms with Crippen LogP contribution in [-0.2, 0) is 6.54 Å². The predicted octanol–water partition coefficient (Wildman–Crippen LogP) is 0.145. The fourth-order valence-electron chi connectivity index (χ4n) is 0.887. The molecule has 0 unspecified atom stereocenters. The lowest BCUT2D eigenvalue weighted by Gasteiger charge is -1.95. The summed E-state index contributed by atoms with van der Waals surface area (Å²) in [6, 6.07) is 2.03. The fraction of sp³-hybridized carbons (Fsp3) is 0.250. The number of aryl methyl sites for hydroxylation is 1. The van der Waals surface area contributed by atoms with E-state index in [0.29, 0.717) is 6.54 Å². The first-order valence-corrected chi connectivity index (χ1v) is 4.90. The van der Waals surface area contributed by atoms with Gasteiger partial charge in [0.25, 0.3) is 0 Å². The van der Waals surface area contributed by atoms with Gasteiger partial charge in [-0.1, -0.05) is 0 Å². The van der Waals surface area contributed by atoms with Gasteiger partial charge in [-0.15, -0.1) is 11.3 Å². The van der Waals surface area contributed by atoms with Gasteiger partial charge in [-0.05, 0) is 23.9 Å². The second kappa shape index (κ2) is 4.61. The zero-order valence-electron chi connectivity index (χ0n) is 7.90. The van der Waals surface area contributed by atoms with Crippen LogP contribution in [0.1, 0.15) is 10.4 Å². The van der Waals surface area contributed by atoms with E-state index in [1.54, 1.807) is 11.3 Å². The van der Waals surface area contributed by atoms with Crippen molar-refractivity contribution in [3.05, 3.63) is 21.9 Å². The minimum atomic E-state index is -0.0749. The van der Waals surface area contributed by atoms with E-state index in [4.69, 9.17) is 17.2 Å². The quantitative estimate of drug-likeness (QED) is 0.479. The van der Waals surface area contributed by atoms with Crippen molar-refractivity contribution in [2.45, 2.75) is 13.5 Å². The summed E-state index contributed by atoms with van der Waals surface area (Å²) in [5.74, 6) is 0.0342. The SMILES string of the molecule is Cc1ccsc1CN=C(N)N=C(N)N. The summed E-state index contributed by atoms with van der Waals surface area (Å²) in [5, 5.41) is 2.01. The molecule has 0 aromatic carbocycles. The largest absolute Gasteiger partial charge is 0.370 e. The molecule has 6 heteroatoms. The lowest BCUT2D eigenvalue weighted by atomic mass is 10.3. The van der Waals surface area contributed by atoms with E-state index in [-0.39, 0.29) is 11.9 Å². The standard InChI is InChI=1S/C8H13N5S/c1-5-2-3-14-6(5)4-12-8(11)13-7(9)10/h2-3H,4H2,1H3,(H6,9,10,11,12,13). The first-order valence-electron chi connectivity index (χ1n) is 4.02. The number of hydrogen-bond acceptors (Lipinski definition) is 2. The van der Waals surface area contributed by atoms with Crippen LogP contribution in [0.3, 0.4) is 0 Å². The van der Waals surface area contributed by atoms with Gasteiger partial charge in [-0.3, -0.25) is 0 Å². The molecule has 6 N–H and O–H groups in total. The first-order chi connectivity index (χ1) is 6.59. The Bertz CT molecular complexity index is 362. The minimum Gasteiger partial charge on any atom is -0.370 e. The summed E-state index contributed by atoms with van der Waals surface area (Å²) in [7, 11) is 0. The number of hydrogen-bond donors (Lipinski definition) is 3. The Balaban J connectivity index is 2.64. The molecule has 76 valence electrons. The van der Waals surface area contributed by atoms with Crippen LogP contribution in [0.4, 0.5) is 0 Å². The Hall–Kier alpha value is -1.56. The third kappa shape index (κ3) is 3.06. The summed E-state index contributed by atoms with van der Waals surface area (Å²) >= 11 is 1.64. The van der Waals surface area contributed by atoms with Crippen LogP contribution in [0.5, 0.6) is 0 Å². The van der Waals surface area contributed by atoms with Crippen LogP contribution in [0.25, 0.3) is 0 Å². The smallest absolute Gasteiger partial charge is 0.218 e. The van der Waals surface area contributed by atoms with Crippen molar-refractivity contribution in [3.8, 4) is 0 Å². The Morgan fingerprint density at radius 3 is 2.64 bits per heavy atom. The molecule has 0 saturated heterocycles. The van der Waals surface area contributed by atoms with Crippen molar-refractivity contribution in [2.24, 2.45) is 27.2 Å². The van der Waals surface area contributed by atoms with Crippen LogP contribution in [0, 0.1) is 6.92 Å². The van der Waals surface area contributed by atoms with Gasteiger partial charge in [0.05, 0.1) is 6.54 Å². The van der Waals surface area contributed by atoms with Gasteiger partial charge in [0.1, 0.15) is 0 Å². The van der Waals surface area contributed by atoms with E-state index in [1.807, 2.05) is 18.4 Å². The highest BCUT2D eigenvalue weighted by Gasteiger charge is 1.98. The summed E-state index contributed by atoms with van der Waals surface area (Å²) in [6.07, 6.45) is 0. The van der Waals surface area contributed by atoms with Gasteiger partial charge in [0.2, 0.25) is 5.96 Å². The number of guanidine groups is 2. The van der Waals surface area contributed by atoms with Crippen LogP contribution in [-0.4, -0.2) is 11.9 Å². The van der Waals surface area contributed by atoms with Crippen LogP contribution >= 0.6 is 11.3 Å². The van der Waals surface area contributed by atoms with Crippen LogP contribution in [0.15, 0.2) is 21.4 Å². The van der Waals surface area contributed by atoms with Gasteiger partial charge in [0.15, 0.2) is 5.96 Å². The molecular weight excluding hydrogens is 198 g/mol. The normalized spacial score (nSPS) is 11.4. The molecule has 0 bridgehead atoms. The molecule has 0 radical (unpaired) electrons. The number of nitrogens with two attached hydrogens (primary N) is 3. The second-order valence-electron chi connectivity index (χ2n) is 2.74. The van der Waals surface area contributed by atoms with Gasteiger partial charge < -0.3 is 17.2 Å². The molecule has 0 aliphatic carbocycles. The molecule has 0 amide bonds. The molecule has 1 aromatic rings. The molecule has 0 fully saturated rings. The molecule has 5 nitrogen and oxygen atoms in total. The van der Waals surface area contributed by atoms with E-state index in [2.05, 4.69) is 9.98 Å². The summed E-state index contributed by atoms with van der Waals surface area (Å²) in [4.78, 5) is 8.80. The predicted molar refractivity (Wildman–Crippen MR) is 60.2 cm³/mol. The molecule has 1 heterocycles. The molecule has 0 aliphatic heterocycles. The van der Waals surface area contributed by atoms with E-state index < -0.39 is 0 Å². The number of thiophene rings is 1. The lowest BCUT2D eigenvalue weighted by Crippen LogP contribution is -2.26. The Morgan fingerprint density at radius 2 is 2.14 bits per heavy atom. The van der Waals surface area contributed by atoms with E-state index >= 15 is 0 Å². The molecule has 14 heavy (non-hydrogen) atoms. The van der Waals surface area contributed by atoms with Crippen LogP contribution in [0.2, 0.25) is 0 Å². The van der Waals surface area contributed by atoms with Crippen molar-refractivity contribution in [3.63, 3.8) is 0 Å². The summed E-state index contributed by atoms with van der Waals surface area (Å²) in [6.45, 7) is 2.55. The Kier molecular flexibility index (Phi) is 3.47. The number of rotatable bonds is 2. The average Bonchev–Trinajstić information content (AvgIpc) is 2.46. The number of nitrogens with zero attached hydrogens (tertiary/aromatic N) is 2. The van der Waals surface area contributed by atoms with Gasteiger partial charge in [0, 0.05) is 4.88 Å². The molecule has 0 atom stereocenters. The van der Waals surface area contributed by atoms with Gasteiger partial charge in [-0.25, -0.2) is 4.99 Å². The van der Waals surface area contributed by atoms with Gasteiger partial charge >= 0.3 is 0 Å². The van der Waals surface area contributed by atoms with Crippen molar-refractivity contribution >= 4 is 23.3 Å². The topological polar surface area (TPSA) is 103 Å². The molecule has 0 aliphatic rings. The van der Waals surface area contributed by atoms with Crippen molar-refractivity contribution < 1.29 is 0 Å². The lowest BCUT2D eigenvalue weighted by molar-refractivity contribution is 1.07. The Labute approximate surface area is 86.3 Å². The minimum absolute atomic E-state index is 0.0749. The highest BCUT2D eigenvalue weighted by atomic mass is 32.1. The second-order valence-corrected chi connectivity index (χ2v) is 3.74. The maximum Gasteiger partial charge on any atom is 0.218 e. The third-order valence-electron chi connectivity index (χ3n) is 1.60. The van der Waals surface area contributed by atoms with Crippen LogP contribution < -0.4 is 17.2 Å². The molecule has 0 spiro atoms. The van der Waals surface area contributed by atoms with Crippen molar-refractivity contribution in [1.29, 1.82) is 0 Å². The van der Waals surface area contributed by atoms with Crippen molar-refractivity contribution in [1.82, 2.24) is 0 Å². The van der Waals surface area contributed by atoms with E-state index in [1.165, 1.54) is 10.4 Å². The molecular formula is C8H13N5S. The average molecular weight is 211 g/mol. The molecule has 1 aromatic heterocycles. The molecule has 1 rings (SSSR count). The fourth-order valence-corrected chi connectivity index (χ4v) is 1.72. The zero-order chi connectivity index (χ0) is 10.6. The monoisotopic (exact) mass is 211 g/mol. The molecule has 0 saturated carbocycles. The van der Waals surface area contributed by atoms with Crippen molar-refractivity contribution in [2.75, 3.05) is 0 Å². The highest BCUT2D eigenvalue weighted by Crippen LogP contribution is 2.16. The van der Waals surface area contributed by atoms with E-state index in [9.17, 15) is 0 Å². The van der Waals surface area contributed by atoms with E-state index in [0.717, 1.165) is 0 Å². The maximum absolute atomic E-state index is 5.45. The van der Waals surface area contributed by atoms with Gasteiger partial charge in [-0.2, -0.15) is 4.99 Å².